The van der Waals surface area contributed by atoms with E-state index in [2.05, 4.69) is 0 Å². The third-order valence-electron chi connectivity index (χ3n) is 5.26. The van der Waals surface area contributed by atoms with Crippen molar-refractivity contribution < 1.29 is 29.0 Å². The summed E-state index contributed by atoms with van der Waals surface area (Å²) in [6.07, 6.45) is 2.14. The van der Waals surface area contributed by atoms with Gasteiger partial charge in [-0.25, -0.2) is 0 Å². The van der Waals surface area contributed by atoms with Crippen LogP contribution in [0.2, 0.25) is 0 Å². The quantitative estimate of drug-likeness (QED) is 0.582. The molecular weight excluding hydrogens is 362 g/mol. The van der Waals surface area contributed by atoms with Gasteiger partial charge in [0.1, 0.15) is 6.10 Å². The highest BCUT2D eigenvalue weighted by Crippen LogP contribution is 2.46. The van der Waals surface area contributed by atoms with Crippen molar-refractivity contribution in [2.45, 2.75) is 57.0 Å². The SMILES string of the molecule is CCCC(=O)O[C@@]1(C)C(=O)C2=CN(C)[C@]3(CCCO3)[C@@H](O)C2=C(Cl)C1=O. The fraction of sp³-hybridized carbons (Fsp3) is 0.611. The van der Waals surface area contributed by atoms with Crippen molar-refractivity contribution in [2.75, 3.05) is 13.7 Å². The molecular formula is C18H22ClNO6. The number of esters is 1. The topological polar surface area (TPSA) is 93.1 Å². The van der Waals surface area contributed by atoms with Crippen LogP contribution in [0.5, 0.6) is 0 Å². The van der Waals surface area contributed by atoms with Gasteiger partial charge in [0.2, 0.25) is 17.2 Å². The van der Waals surface area contributed by atoms with Crippen molar-refractivity contribution in [1.82, 2.24) is 4.90 Å². The predicted molar refractivity (Wildman–Crippen MR) is 92.1 cm³/mol. The molecule has 0 aromatic carbocycles. The van der Waals surface area contributed by atoms with E-state index < -0.39 is 35.0 Å². The molecule has 1 aliphatic carbocycles. The third-order valence-corrected chi connectivity index (χ3v) is 5.64. The summed E-state index contributed by atoms with van der Waals surface area (Å²) >= 11 is 6.27. The largest absolute Gasteiger partial charge is 0.442 e. The fourth-order valence-corrected chi connectivity index (χ4v) is 4.15. The van der Waals surface area contributed by atoms with Crippen LogP contribution >= 0.6 is 11.6 Å². The number of rotatable bonds is 3. The lowest BCUT2D eigenvalue weighted by atomic mass is 9.74. The Bertz CT molecular complexity index is 736. The van der Waals surface area contributed by atoms with E-state index in [0.29, 0.717) is 19.4 Å². The van der Waals surface area contributed by atoms with E-state index in [1.165, 1.54) is 13.1 Å². The van der Waals surface area contributed by atoms with Crippen molar-refractivity contribution in [1.29, 1.82) is 0 Å². The molecule has 2 aliphatic heterocycles. The molecule has 26 heavy (non-hydrogen) atoms. The summed E-state index contributed by atoms with van der Waals surface area (Å²) in [6, 6.07) is 0. The number of carbonyl (C=O) groups is 3. The molecule has 1 spiro atoms. The molecule has 3 atom stereocenters. The van der Waals surface area contributed by atoms with Crippen LogP contribution in [0.25, 0.3) is 0 Å². The highest BCUT2D eigenvalue weighted by Gasteiger charge is 2.59. The van der Waals surface area contributed by atoms with Gasteiger partial charge in [0, 0.05) is 43.8 Å². The Morgan fingerprint density at radius 1 is 1.46 bits per heavy atom. The molecule has 7 nitrogen and oxygen atoms in total. The minimum atomic E-state index is -2.03. The van der Waals surface area contributed by atoms with E-state index in [9.17, 15) is 19.5 Å². The van der Waals surface area contributed by atoms with Crippen LogP contribution < -0.4 is 0 Å². The van der Waals surface area contributed by atoms with E-state index in [4.69, 9.17) is 21.1 Å². The zero-order valence-electron chi connectivity index (χ0n) is 15.0. The number of ketones is 2. The third kappa shape index (κ3) is 2.52. The Morgan fingerprint density at radius 3 is 2.73 bits per heavy atom. The number of hydrogen-bond acceptors (Lipinski definition) is 7. The molecule has 3 aliphatic rings. The van der Waals surface area contributed by atoms with Crippen LogP contribution in [0.3, 0.4) is 0 Å². The first-order chi connectivity index (χ1) is 12.2. The maximum Gasteiger partial charge on any atom is 0.307 e. The van der Waals surface area contributed by atoms with Gasteiger partial charge < -0.3 is 19.5 Å². The lowest BCUT2D eigenvalue weighted by molar-refractivity contribution is -0.172. The van der Waals surface area contributed by atoms with Gasteiger partial charge in [-0.2, -0.15) is 0 Å². The number of aliphatic hydroxyl groups is 1. The minimum Gasteiger partial charge on any atom is -0.442 e. The Balaban J connectivity index is 2.08. The van der Waals surface area contributed by atoms with E-state index in [0.717, 1.165) is 6.42 Å². The summed E-state index contributed by atoms with van der Waals surface area (Å²) in [5, 5.41) is 10.6. The van der Waals surface area contributed by atoms with Crippen molar-refractivity contribution in [3.63, 3.8) is 0 Å². The summed E-state index contributed by atoms with van der Waals surface area (Å²) in [7, 11) is 1.69. The van der Waals surface area contributed by atoms with Crippen LogP contribution in [0.15, 0.2) is 22.4 Å². The highest BCUT2D eigenvalue weighted by atomic mass is 35.5. The number of carbonyl (C=O) groups excluding carboxylic acids is 3. The second kappa shape index (κ2) is 6.48. The highest BCUT2D eigenvalue weighted by molar-refractivity contribution is 6.49. The Labute approximate surface area is 156 Å². The lowest BCUT2D eigenvalue weighted by Crippen LogP contribution is -2.61. The second-order valence-corrected chi connectivity index (χ2v) is 7.37. The number of hydrogen-bond donors (Lipinski definition) is 1. The predicted octanol–water partition coefficient (Wildman–Crippen LogP) is 1.43. The Morgan fingerprint density at radius 2 is 2.15 bits per heavy atom. The number of ether oxygens (including phenoxy) is 2. The zero-order chi connectivity index (χ0) is 19.3. The summed E-state index contributed by atoms with van der Waals surface area (Å²) in [5.74, 6) is -2.16. The normalized spacial score (nSPS) is 34.3. The minimum absolute atomic E-state index is 0.0469. The van der Waals surface area contributed by atoms with Gasteiger partial charge in [-0.05, 0) is 19.8 Å². The van der Waals surface area contributed by atoms with E-state index in [1.807, 2.05) is 0 Å². The molecule has 0 amide bonds. The number of nitrogens with zero attached hydrogens (tertiary/aromatic N) is 1. The van der Waals surface area contributed by atoms with Crippen molar-refractivity contribution >= 4 is 29.1 Å². The van der Waals surface area contributed by atoms with Gasteiger partial charge in [0.25, 0.3) is 0 Å². The fourth-order valence-electron chi connectivity index (χ4n) is 3.77. The van der Waals surface area contributed by atoms with E-state index in [-0.39, 0.29) is 22.6 Å². The average Bonchev–Trinajstić information content (AvgIpc) is 3.08. The van der Waals surface area contributed by atoms with Crippen molar-refractivity contribution in [3.05, 3.63) is 22.4 Å². The Kier molecular flexibility index (Phi) is 4.75. The molecule has 0 aromatic heterocycles. The van der Waals surface area contributed by atoms with Crippen LogP contribution in [0.4, 0.5) is 0 Å². The number of halogens is 1. The molecule has 2 heterocycles. The van der Waals surface area contributed by atoms with Gasteiger partial charge in [-0.1, -0.05) is 18.5 Å². The van der Waals surface area contributed by atoms with Gasteiger partial charge in [-0.15, -0.1) is 0 Å². The standard InChI is InChI=1S/C18H22ClNO6/c1-4-6-11(21)26-17(2)14(22)10-9-20(3)18(7-5-8-25-18)15(23)12(10)13(19)16(17)24/h9,15,23H,4-8H2,1-3H3/t15-,17-,18-/m0/s1. The monoisotopic (exact) mass is 383 g/mol. The van der Waals surface area contributed by atoms with Crippen LogP contribution in [0, 0.1) is 0 Å². The molecule has 1 saturated heterocycles. The number of aliphatic hydroxyl groups excluding tert-OH is 1. The number of Topliss-reactive ketones (excluding diaryl/α,β-unsaturated/α-hetero) is 2. The molecule has 0 saturated carbocycles. The molecule has 0 aromatic rings. The van der Waals surface area contributed by atoms with E-state index in [1.54, 1.807) is 18.9 Å². The van der Waals surface area contributed by atoms with Crippen molar-refractivity contribution in [2.24, 2.45) is 0 Å². The average molecular weight is 384 g/mol. The number of fused-ring (bicyclic) bond motifs is 1. The summed E-state index contributed by atoms with van der Waals surface area (Å²) in [4.78, 5) is 39.4. The molecule has 8 heteroatoms. The van der Waals surface area contributed by atoms with Crippen LogP contribution in [-0.2, 0) is 23.9 Å². The summed E-state index contributed by atoms with van der Waals surface area (Å²) in [5.41, 5.74) is -2.96. The molecule has 0 radical (unpaired) electrons. The first-order valence-corrected chi connectivity index (χ1v) is 9.05. The molecule has 1 N–H and O–H groups in total. The molecule has 0 bridgehead atoms. The van der Waals surface area contributed by atoms with Gasteiger partial charge in [-0.3, -0.25) is 14.4 Å². The second-order valence-electron chi connectivity index (χ2n) is 7.00. The first kappa shape index (κ1) is 19.1. The number of likely N-dealkylation sites (N-methyl/N-ethyl adjacent to an activating group) is 1. The maximum atomic E-state index is 13.0. The van der Waals surface area contributed by atoms with Crippen LogP contribution in [0.1, 0.15) is 39.5 Å². The van der Waals surface area contributed by atoms with Crippen molar-refractivity contribution in [3.8, 4) is 0 Å². The molecule has 1 fully saturated rings. The molecule has 0 unspecified atom stereocenters. The molecule has 142 valence electrons. The molecule has 3 rings (SSSR count). The Hall–Kier alpha value is -1.70. The summed E-state index contributed by atoms with van der Waals surface area (Å²) < 4.78 is 11.0. The zero-order valence-corrected chi connectivity index (χ0v) is 15.8. The van der Waals surface area contributed by atoms with Gasteiger partial charge in [0.15, 0.2) is 5.72 Å². The lowest BCUT2D eigenvalue weighted by Gasteiger charge is -2.47. The van der Waals surface area contributed by atoms with Crippen LogP contribution in [-0.4, -0.2) is 58.6 Å². The summed E-state index contributed by atoms with van der Waals surface area (Å²) in [6.45, 7) is 3.49. The van der Waals surface area contributed by atoms with Gasteiger partial charge >= 0.3 is 5.97 Å². The van der Waals surface area contributed by atoms with E-state index >= 15 is 0 Å². The van der Waals surface area contributed by atoms with Gasteiger partial charge in [0.05, 0.1) is 5.03 Å². The maximum absolute atomic E-state index is 13.0. The first-order valence-electron chi connectivity index (χ1n) is 8.67. The smallest absolute Gasteiger partial charge is 0.307 e.